The highest BCUT2D eigenvalue weighted by Crippen LogP contribution is 2.26. The number of halogens is 2. The number of nitrogens with zero attached hydrogens (tertiary/aromatic N) is 2. The van der Waals surface area contributed by atoms with Crippen LogP contribution in [0.1, 0.15) is 0 Å². The maximum Gasteiger partial charge on any atom is 0.139 e. The Hall–Kier alpha value is -1.88. The minimum absolute atomic E-state index is 0.296. The lowest BCUT2D eigenvalue weighted by Gasteiger charge is -2.11. The molecule has 1 aromatic heterocycles. The molecule has 0 radical (unpaired) electrons. The standard InChI is InChI=1S/C15H13BrFN3/c1-20(2)10-5-3-9(4-6-10)15-18-13-7-11(16)12(17)8-14(13)19-15/h3-8H,1-2H3,(H,18,19). The van der Waals surface area contributed by atoms with Gasteiger partial charge in [0.25, 0.3) is 0 Å². The van der Waals surface area contributed by atoms with Gasteiger partial charge in [-0.15, -0.1) is 0 Å². The lowest BCUT2D eigenvalue weighted by molar-refractivity contribution is 0.623. The van der Waals surface area contributed by atoms with Crippen LogP contribution in [-0.2, 0) is 0 Å². The zero-order valence-corrected chi connectivity index (χ0v) is 12.7. The van der Waals surface area contributed by atoms with Crippen LogP contribution in [0, 0.1) is 5.82 Å². The van der Waals surface area contributed by atoms with Crippen molar-refractivity contribution in [3.05, 3.63) is 46.7 Å². The number of aromatic nitrogens is 2. The van der Waals surface area contributed by atoms with Crippen LogP contribution in [0.4, 0.5) is 10.1 Å². The molecule has 0 aliphatic rings. The van der Waals surface area contributed by atoms with Gasteiger partial charge in [-0.2, -0.15) is 0 Å². The number of anilines is 1. The number of rotatable bonds is 2. The van der Waals surface area contributed by atoms with Crippen LogP contribution < -0.4 is 4.90 Å². The largest absolute Gasteiger partial charge is 0.378 e. The van der Waals surface area contributed by atoms with Gasteiger partial charge >= 0.3 is 0 Å². The van der Waals surface area contributed by atoms with Crippen LogP contribution >= 0.6 is 15.9 Å². The highest BCUT2D eigenvalue weighted by molar-refractivity contribution is 9.10. The molecule has 0 unspecified atom stereocenters. The van der Waals surface area contributed by atoms with Crippen molar-refractivity contribution in [1.82, 2.24) is 9.97 Å². The Kier molecular flexibility index (Phi) is 3.22. The van der Waals surface area contributed by atoms with Gasteiger partial charge < -0.3 is 9.88 Å². The van der Waals surface area contributed by atoms with Gasteiger partial charge in [0.05, 0.1) is 15.5 Å². The lowest BCUT2D eigenvalue weighted by atomic mass is 10.2. The quantitative estimate of drug-likeness (QED) is 0.762. The molecule has 0 aliphatic heterocycles. The van der Waals surface area contributed by atoms with E-state index >= 15 is 0 Å². The average Bonchev–Trinajstić information content (AvgIpc) is 2.82. The van der Waals surface area contributed by atoms with Crippen LogP contribution in [0.5, 0.6) is 0 Å². The topological polar surface area (TPSA) is 31.9 Å². The first-order valence-corrected chi connectivity index (χ1v) is 6.96. The second-order valence-corrected chi connectivity index (χ2v) is 5.66. The molecule has 3 aromatic rings. The van der Waals surface area contributed by atoms with E-state index in [4.69, 9.17) is 0 Å². The van der Waals surface area contributed by atoms with E-state index in [0.717, 1.165) is 22.6 Å². The molecule has 1 heterocycles. The van der Waals surface area contributed by atoms with Crippen LogP contribution in [0.2, 0.25) is 0 Å². The molecule has 0 atom stereocenters. The first-order chi connectivity index (χ1) is 9.54. The van der Waals surface area contributed by atoms with Gasteiger partial charge in [-0.3, -0.25) is 0 Å². The number of hydrogen-bond acceptors (Lipinski definition) is 2. The van der Waals surface area contributed by atoms with E-state index in [1.54, 1.807) is 6.07 Å². The third-order valence-corrected chi connectivity index (χ3v) is 3.79. The molecule has 2 aromatic carbocycles. The van der Waals surface area contributed by atoms with E-state index in [-0.39, 0.29) is 5.82 Å². The van der Waals surface area contributed by atoms with E-state index in [1.165, 1.54) is 6.07 Å². The van der Waals surface area contributed by atoms with Crippen molar-refractivity contribution in [2.75, 3.05) is 19.0 Å². The Morgan fingerprint density at radius 2 is 1.85 bits per heavy atom. The van der Waals surface area contributed by atoms with Gasteiger partial charge in [0.2, 0.25) is 0 Å². The maximum atomic E-state index is 13.5. The van der Waals surface area contributed by atoms with Gasteiger partial charge in [0.15, 0.2) is 0 Å². The Bertz CT molecular complexity index is 724. The molecule has 5 heteroatoms. The normalized spacial score (nSPS) is 11.0. The monoisotopic (exact) mass is 333 g/mol. The molecule has 0 fully saturated rings. The number of imidazole rings is 1. The molecular formula is C15H13BrFN3. The number of fused-ring (bicyclic) bond motifs is 1. The zero-order chi connectivity index (χ0) is 14.3. The van der Waals surface area contributed by atoms with E-state index in [2.05, 4.69) is 25.9 Å². The highest BCUT2D eigenvalue weighted by atomic mass is 79.9. The molecule has 3 rings (SSSR count). The minimum atomic E-state index is -0.296. The minimum Gasteiger partial charge on any atom is -0.378 e. The fraction of sp³-hybridized carbons (Fsp3) is 0.133. The average molecular weight is 334 g/mol. The fourth-order valence-electron chi connectivity index (χ4n) is 2.06. The van der Waals surface area contributed by atoms with E-state index in [9.17, 15) is 4.39 Å². The third kappa shape index (κ3) is 2.29. The molecule has 1 N–H and O–H groups in total. The summed E-state index contributed by atoms with van der Waals surface area (Å²) < 4.78 is 13.9. The Balaban J connectivity index is 2.05. The van der Waals surface area contributed by atoms with E-state index in [0.29, 0.717) is 9.99 Å². The smallest absolute Gasteiger partial charge is 0.139 e. The first kappa shape index (κ1) is 13.1. The van der Waals surface area contributed by atoms with Crippen LogP contribution in [0.15, 0.2) is 40.9 Å². The molecule has 0 amide bonds. The van der Waals surface area contributed by atoms with Gasteiger partial charge in [-0.25, -0.2) is 9.37 Å². The molecule has 0 spiro atoms. The molecule has 0 saturated carbocycles. The van der Waals surface area contributed by atoms with Crippen molar-refractivity contribution in [3.63, 3.8) is 0 Å². The number of nitrogens with one attached hydrogen (secondary N) is 1. The SMILES string of the molecule is CN(C)c1ccc(-c2nc3cc(Br)c(F)cc3[nH]2)cc1. The van der Waals surface area contributed by atoms with E-state index in [1.807, 2.05) is 43.3 Å². The van der Waals surface area contributed by atoms with Crippen molar-refractivity contribution in [1.29, 1.82) is 0 Å². The Labute approximate surface area is 124 Å². The summed E-state index contributed by atoms with van der Waals surface area (Å²) in [4.78, 5) is 9.67. The molecule has 0 aliphatic carbocycles. The Morgan fingerprint density at radius 3 is 2.50 bits per heavy atom. The lowest BCUT2D eigenvalue weighted by Crippen LogP contribution is -2.07. The summed E-state index contributed by atoms with van der Waals surface area (Å²) in [5, 5.41) is 0. The maximum absolute atomic E-state index is 13.5. The molecule has 3 nitrogen and oxygen atoms in total. The van der Waals surface area contributed by atoms with Crippen molar-refractivity contribution in [2.24, 2.45) is 0 Å². The van der Waals surface area contributed by atoms with Crippen LogP contribution in [0.25, 0.3) is 22.4 Å². The van der Waals surface area contributed by atoms with Crippen LogP contribution in [0.3, 0.4) is 0 Å². The summed E-state index contributed by atoms with van der Waals surface area (Å²) in [6, 6.07) is 11.2. The number of aromatic amines is 1. The molecule has 0 saturated heterocycles. The van der Waals surface area contributed by atoms with Crippen LogP contribution in [-0.4, -0.2) is 24.1 Å². The van der Waals surface area contributed by atoms with Crippen molar-refractivity contribution in [2.45, 2.75) is 0 Å². The zero-order valence-electron chi connectivity index (χ0n) is 11.1. The van der Waals surface area contributed by atoms with Crippen molar-refractivity contribution < 1.29 is 4.39 Å². The van der Waals surface area contributed by atoms with Gasteiger partial charge in [-0.05, 0) is 46.3 Å². The molecule has 20 heavy (non-hydrogen) atoms. The van der Waals surface area contributed by atoms with Crippen molar-refractivity contribution >= 4 is 32.7 Å². The number of benzene rings is 2. The van der Waals surface area contributed by atoms with Gasteiger partial charge in [-0.1, -0.05) is 0 Å². The summed E-state index contributed by atoms with van der Waals surface area (Å²) >= 11 is 3.17. The van der Waals surface area contributed by atoms with E-state index < -0.39 is 0 Å². The summed E-state index contributed by atoms with van der Waals surface area (Å²) in [6.07, 6.45) is 0. The first-order valence-electron chi connectivity index (χ1n) is 6.17. The van der Waals surface area contributed by atoms with Gasteiger partial charge in [0.1, 0.15) is 11.6 Å². The fourth-order valence-corrected chi connectivity index (χ4v) is 2.39. The van der Waals surface area contributed by atoms with Gasteiger partial charge in [0, 0.05) is 31.4 Å². The third-order valence-electron chi connectivity index (χ3n) is 3.18. The summed E-state index contributed by atoms with van der Waals surface area (Å²) in [6.45, 7) is 0. The summed E-state index contributed by atoms with van der Waals surface area (Å²) in [5.74, 6) is 0.443. The molecular weight excluding hydrogens is 321 g/mol. The Morgan fingerprint density at radius 1 is 1.15 bits per heavy atom. The predicted molar refractivity (Wildman–Crippen MR) is 83.5 cm³/mol. The molecule has 102 valence electrons. The number of hydrogen-bond donors (Lipinski definition) is 1. The number of H-pyrrole nitrogens is 1. The summed E-state index contributed by atoms with van der Waals surface area (Å²) in [5.41, 5.74) is 3.53. The highest BCUT2D eigenvalue weighted by Gasteiger charge is 2.09. The second kappa shape index (κ2) is 4.90. The second-order valence-electron chi connectivity index (χ2n) is 4.81. The predicted octanol–water partition coefficient (Wildman–Crippen LogP) is 4.20. The summed E-state index contributed by atoms with van der Waals surface area (Å²) in [7, 11) is 3.99. The molecule has 0 bridgehead atoms. The van der Waals surface area contributed by atoms with Crippen molar-refractivity contribution in [3.8, 4) is 11.4 Å².